The number of halogens is 2. The first-order chi connectivity index (χ1) is 13.6. The molecular weight excluding hydrogens is 409 g/mol. The molecule has 0 aliphatic carbocycles. The van der Waals surface area contributed by atoms with Gasteiger partial charge in [0.05, 0.1) is 0 Å². The molecule has 1 aliphatic rings. The van der Waals surface area contributed by atoms with Gasteiger partial charge in [0, 0.05) is 41.2 Å². The van der Waals surface area contributed by atoms with Crippen LogP contribution in [0, 0.1) is 11.3 Å². The minimum absolute atomic E-state index is 0.0863. The average molecular weight is 440 g/mol. The van der Waals surface area contributed by atoms with Gasteiger partial charge in [0.25, 0.3) is 0 Å². The maximum atomic E-state index is 12.1. The molecule has 0 spiro atoms. The van der Waals surface area contributed by atoms with Gasteiger partial charge in [-0.1, -0.05) is 44.0 Å². The highest BCUT2D eigenvalue weighted by Crippen LogP contribution is 2.20. The monoisotopic (exact) mass is 439 g/mol. The van der Waals surface area contributed by atoms with E-state index in [2.05, 4.69) is 15.5 Å². The number of benzene rings is 1. The van der Waals surface area contributed by atoms with Crippen LogP contribution < -0.4 is 10.6 Å². The lowest BCUT2D eigenvalue weighted by molar-refractivity contribution is -0.128. The zero-order valence-corrected chi connectivity index (χ0v) is 18.9. The molecule has 1 aliphatic heterocycles. The van der Waals surface area contributed by atoms with Gasteiger partial charge in [-0.15, -0.1) is 0 Å². The first-order valence-electron chi connectivity index (χ1n) is 10.1. The van der Waals surface area contributed by atoms with E-state index in [1.165, 1.54) is 6.08 Å². The Kier molecular flexibility index (Phi) is 9.00. The van der Waals surface area contributed by atoms with Crippen molar-refractivity contribution in [3.8, 4) is 0 Å². The summed E-state index contributed by atoms with van der Waals surface area (Å²) in [5.74, 6) is 0.449. The number of hydrogen-bond donors (Lipinski definition) is 2. The lowest BCUT2D eigenvalue weighted by atomic mass is 9.95. The Morgan fingerprint density at radius 1 is 1.10 bits per heavy atom. The zero-order valence-electron chi connectivity index (χ0n) is 17.4. The fourth-order valence-electron chi connectivity index (χ4n) is 3.15. The maximum Gasteiger partial charge on any atom is 0.244 e. The molecule has 0 saturated carbocycles. The van der Waals surface area contributed by atoms with Crippen LogP contribution in [0.5, 0.6) is 0 Å². The molecule has 0 atom stereocenters. The topological polar surface area (TPSA) is 61.4 Å². The van der Waals surface area contributed by atoms with Crippen LogP contribution in [0.15, 0.2) is 24.3 Å². The van der Waals surface area contributed by atoms with E-state index in [9.17, 15) is 9.59 Å². The summed E-state index contributed by atoms with van der Waals surface area (Å²) >= 11 is 11.9. The number of nitrogens with one attached hydrogen (secondary N) is 2. The molecule has 2 amide bonds. The van der Waals surface area contributed by atoms with Crippen molar-refractivity contribution in [3.63, 3.8) is 0 Å². The van der Waals surface area contributed by atoms with Crippen molar-refractivity contribution in [2.24, 2.45) is 11.3 Å². The highest BCUT2D eigenvalue weighted by molar-refractivity contribution is 6.34. The second-order valence-electron chi connectivity index (χ2n) is 8.57. The summed E-state index contributed by atoms with van der Waals surface area (Å²) in [6.45, 7) is 9.95. The summed E-state index contributed by atoms with van der Waals surface area (Å²) in [7, 11) is 0. The Morgan fingerprint density at radius 2 is 1.72 bits per heavy atom. The standard InChI is InChI=1S/C22H31Cl2N3O2/c1-22(2,3)21(29)25-8-11-27-9-6-16(7-10-27)15-26-20(28)5-4-17-12-18(23)14-19(24)13-17/h4-5,12-14,16H,6-11,15H2,1-3H3,(H,25,29)(H,26,28)/b5-4+. The third kappa shape index (κ3) is 8.77. The van der Waals surface area contributed by atoms with Gasteiger partial charge >= 0.3 is 0 Å². The predicted octanol–water partition coefficient (Wildman–Crippen LogP) is 4.00. The van der Waals surface area contributed by atoms with Crippen molar-refractivity contribution in [2.45, 2.75) is 33.6 Å². The molecule has 0 unspecified atom stereocenters. The first-order valence-corrected chi connectivity index (χ1v) is 10.8. The molecule has 29 heavy (non-hydrogen) atoms. The number of carbonyl (C=O) groups is 2. The van der Waals surface area contributed by atoms with E-state index in [1.54, 1.807) is 24.3 Å². The van der Waals surface area contributed by atoms with E-state index in [4.69, 9.17) is 23.2 Å². The number of rotatable bonds is 7. The largest absolute Gasteiger partial charge is 0.354 e. The fraction of sp³-hybridized carbons (Fsp3) is 0.545. The summed E-state index contributed by atoms with van der Waals surface area (Å²) in [6.07, 6.45) is 5.30. The van der Waals surface area contributed by atoms with Gasteiger partial charge in [-0.05, 0) is 61.7 Å². The van der Waals surface area contributed by atoms with Crippen molar-refractivity contribution < 1.29 is 9.59 Å². The molecule has 1 fully saturated rings. The molecule has 0 bridgehead atoms. The molecule has 7 heteroatoms. The summed E-state index contributed by atoms with van der Waals surface area (Å²) in [5.41, 5.74) is 0.447. The van der Waals surface area contributed by atoms with Crippen LogP contribution in [0.25, 0.3) is 6.08 Å². The van der Waals surface area contributed by atoms with Crippen molar-refractivity contribution in [1.82, 2.24) is 15.5 Å². The maximum absolute atomic E-state index is 12.1. The number of piperidine rings is 1. The lowest BCUT2D eigenvalue weighted by Crippen LogP contribution is -2.43. The number of likely N-dealkylation sites (tertiary alicyclic amines) is 1. The second kappa shape index (κ2) is 11.0. The molecule has 1 heterocycles. The smallest absolute Gasteiger partial charge is 0.244 e. The molecular formula is C22H31Cl2N3O2. The summed E-state index contributed by atoms with van der Waals surface area (Å²) in [4.78, 5) is 26.3. The average Bonchev–Trinajstić information content (AvgIpc) is 2.64. The Bertz CT molecular complexity index is 716. The Hall–Kier alpha value is -1.56. The van der Waals surface area contributed by atoms with E-state index in [-0.39, 0.29) is 17.2 Å². The number of hydrogen-bond acceptors (Lipinski definition) is 3. The number of nitrogens with zero attached hydrogens (tertiary/aromatic N) is 1. The quantitative estimate of drug-likeness (QED) is 0.631. The Balaban J connectivity index is 1.64. The van der Waals surface area contributed by atoms with Crippen LogP contribution in [0.2, 0.25) is 10.0 Å². The molecule has 5 nitrogen and oxygen atoms in total. The van der Waals surface area contributed by atoms with E-state index in [0.29, 0.717) is 29.1 Å². The van der Waals surface area contributed by atoms with Crippen LogP contribution in [0.4, 0.5) is 0 Å². The third-order valence-electron chi connectivity index (χ3n) is 4.98. The minimum Gasteiger partial charge on any atom is -0.354 e. The molecule has 1 aromatic carbocycles. The van der Waals surface area contributed by atoms with Gasteiger partial charge < -0.3 is 15.5 Å². The van der Waals surface area contributed by atoms with Crippen LogP contribution in [0.1, 0.15) is 39.2 Å². The second-order valence-corrected chi connectivity index (χ2v) is 9.45. The third-order valence-corrected chi connectivity index (χ3v) is 5.42. The lowest BCUT2D eigenvalue weighted by Gasteiger charge is -2.32. The highest BCUT2D eigenvalue weighted by atomic mass is 35.5. The molecule has 0 radical (unpaired) electrons. The van der Waals surface area contributed by atoms with Crippen molar-refractivity contribution in [2.75, 3.05) is 32.7 Å². The van der Waals surface area contributed by atoms with E-state index in [1.807, 2.05) is 20.8 Å². The van der Waals surface area contributed by atoms with Crippen molar-refractivity contribution in [3.05, 3.63) is 39.9 Å². The molecule has 2 rings (SSSR count). The normalized spacial score (nSPS) is 16.2. The molecule has 1 aromatic rings. The zero-order chi connectivity index (χ0) is 21.4. The minimum atomic E-state index is -0.349. The highest BCUT2D eigenvalue weighted by Gasteiger charge is 2.22. The van der Waals surface area contributed by atoms with E-state index >= 15 is 0 Å². The predicted molar refractivity (Wildman–Crippen MR) is 120 cm³/mol. The SMILES string of the molecule is CC(C)(C)C(=O)NCCN1CCC(CNC(=O)/C=C/c2cc(Cl)cc(Cl)c2)CC1. The molecule has 0 aromatic heterocycles. The molecule has 160 valence electrons. The van der Waals surface area contributed by atoms with Crippen molar-refractivity contribution in [1.29, 1.82) is 0 Å². The van der Waals surface area contributed by atoms with Gasteiger partial charge in [0.1, 0.15) is 0 Å². The van der Waals surface area contributed by atoms with Crippen LogP contribution in [0.3, 0.4) is 0 Å². The number of amides is 2. The van der Waals surface area contributed by atoms with Crippen LogP contribution >= 0.6 is 23.2 Å². The Morgan fingerprint density at radius 3 is 2.31 bits per heavy atom. The van der Waals surface area contributed by atoms with Crippen molar-refractivity contribution >= 4 is 41.1 Å². The number of carbonyl (C=O) groups excluding carboxylic acids is 2. The molecule has 1 saturated heterocycles. The van der Waals surface area contributed by atoms with Crippen LogP contribution in [-0.4, -0.2) is 49.4 Å². The van der Waals surface area contributed by atoms with Gasteiger partial charge in [-0.25, -0.2) is 0 Å². The van der Waals surface area contributed by atoms with Crippen LogP contribution in [-0.2, 0) is 9.59 Å². The van der Waals surface area contributed by atoms with E-state index in [0.717, 1.165) is 38.0 Å². The fourth-order valence-corrected chi connectivity index (χ4v) is 3.70. The van der Waals surface area contributed by atoms with Gasteiger partial charge in [0.15, 0.2) is 0 Å². The summed E-state index contributed by atoms with van der Waals surface area (Å²) < 4.78 is 0. The summed E-state index contributed by atoms with van der Waals surface area (Å²) in [5, 5.41) is 7.06. The Labute approximate surface area is 183 Å². The van der Waals surface area contributed by atoms with Gasteiger partial charge in [-0.3, -0.25) is 9.59 Å². The first kappa shape index (κ1) is 23.7. The van der Waals surface area contributed by atoms with E-state index < -0.39 is 0 Å². The molecule has 2 N–H and O–H groups in total. The van der Waals surface area contributed by atoms with Gasteiger partial charge in [0.2, 0.25) is 11.8 Å². The summed E-state index contributed by atoms with van der Waals surface area (Å²) in [6, 6.07) is 5.18. The van der Waals surface area contributed by atoms with Gasteiger partial charge in [-0.2, -0.15) is 0 Å².